The van der Waals surface area contributed by atoms with Gasteiger partial charge in [-0.3, -0.25) is 9.47 Å². The minimum absolute atomic E-state index is 0.126. The molecule has 0 radical (unpaired) electrons. The third-order valence-corrected chi connectivity index (χ3v) is 7.71. The topological polar surface area (TPSA) is 89.3 Å². The van der Waals surface area contributed by atoms with E-state index in [-0.39, 0.29) is 23.5 Å². The van der Waals surface area contributed by atoms with E-state index < -0.39 is 11.9 Å². The highest BCUT2D eigenvalue weighted by Crippen LogP contribution is 2.57. The predicted molar refractivity (Wildman–Crippen MR) is 131 cm³/mol. The molecule has 1 unspecified atom stereocenters. The third-order valence-electron chi connectivity index (χ3n) is 7.47. The first-order valence-corrected chi connectivity index (χ1v) is 12.5. The average Bonchev–Trinajstić information content (AvgIpc) is 3.15. The van der Waals surface area contributed by atoms with Gasteiger partial charge in [-0.25, -0.2) is 19.2 Å². The zero-order valence-electron chi connectivity index (χ0n) is 20.4. The molecule has 6 rings (SSSR count). The van der Waals surface area contributed by atoms with Crippen LogP contribution in [-0.2, 0) is 11.3 Å². The monoisotopic (exact) mass is 511 g/mol. The molecule has 2 fully saturated rings. The standard InChI is InChI=1S/C25H27ClFN7O2/c1-14(2)36-24(35)33-10-16-6-18(26)4-5-20(16)34-21(15(33)3)30-31-22(34)17-7-25(8-17)11-32(12-25)23-19(27)9-28-13-29-23/h4-6,9,13-15,17H,7-8,10-12H2,1-3H3. The highest BCUT2D eigenvalue weighted by atomic mass is 35.5. The molecule has 1 saturated carbocycles. The van der Waals surface area contributed by atoms with E-state index in [0.717, 1.165) is 43.0 Å². The number of aromatic nitrogens is 5. The molecular weight excluding hydrogens is 485 g/mol. The molecule has 1 saturated heterocycles. The number of amides is 1. The summed E-state index contributed by atoms with van der Waals surface area (Å²) < 4.78 is 21.7. The Morgan fingerprint density at radius 1 is 1.22 bits per heavy atom. The molecule has 1 aromatic carbocycles. The summed E-state index contributed by atoms with van der Waals surface area (Å²) in [4.78, 5) is 24.4. The molecule has 0 N–H and O–H groups in total. The average molecular weight is 512 g/mol. The van der Waals surface area contributed by atoms with Gasteiger partial charge >= 0.3 is 6.09 Å². The van der Waals surface area contributed by atoms with Crippen LogP contribution in [0.3, 0.4) is 0 Å². The molecule has 9 nitrogen and oxygen atoms in total. The van der Waals surface area contributed by atoms with Crippen LogP contribution < -0.4 is 4.90 Å². The normalized spacial score (nSPS) is 20.4. The Morgan fingerprint density at radius 3 is 2.69 bits per heavy atom. The van der Waals surface area contributed by atoms with Crippen LogP contribution >= 0.6 is 11.6 Å². The molecule has 3 aromatic rings. The van der Waals surface area contributed by atoms with Crippen molar-refractivity contribution >= 4 is 23.5 Å². The van der Waals surface area contributed by atoms with Gasteiger partial charge in [0.15, 0.2) is 17.5 Å². The number of fused-ring (bicyclic) bond motifs is 3. The quantitative estimate of drug-likeness (QED) is 0.505. The molecule has 1 aliphatic carbocycles. The highest BCUT2D eigenvalue weighted by Gasteiger charge is 2.55. The number of hydrogen-bond donors (Lipinski definition) is 0. The summed E-state index contributed by atoms with van der Waals surface area (Å²) in [6, 6.07) is 5.37. The van der Waals surface area contributed by atoms with Crippen molar-refractivity contribution in [3.63, 3.8) is 0 Å². The number of carbonyl (C=O) groups is 1. The van der Waals surface area contributed by atoms with Crippen molar-refractivity contribution in [2.24, 2.45) is 5.41 Å². The number of anilines is 1. The summed E-state index contributed by atoms with van der Waals surface area (Å²) >= 11 is 6.34. The Morgan fingerprint density at radius 2 is 1.97 bits per heavy atom. The first kappa shape index (κ1) is 23.1. The van der Waals surface area contributed by atoms with E-state index in [1.807, 2.05) is 43.9 Å². The van der Waals surface area contributed by atoms with Gasteiger partial charge in [0.25, 0.3) is 0 Å². The summed E-state index contributed by atoms with van der Waals surface area (Å²) in [5, 5.41) is 9.77. The zero-order chi connectivity index (χ0) is 25.2. The number of halogens is 2. The second-order valence-electron chi connectivity index (χ2n) is 10.4. The number of benzene rings is 1. The zero-order valence-corrected chi connectivity index (χ0v) is 21.1. The van der Waals surface area contributed by atoms with E-state index in [2.05, 4.69) is 24.7 Å². The molecule has 11 heteroatoms. The lowest BCUT2D eigenvalue weighted by atomic mass is 9.57. The fraction of sp³-hybridized carbons (Fsp3) is 0.480. The van der Waals surface area contributed by atoms with Crippen LogP contribution in [0.1, 0.15) is 62.8 Å². The number of nitrogens with zero attached hydrogens (tertiary/aromatic N) is 7. The maximum absolute atomic E-state index is 14.1. The van der Waals surface area contributed by atoms with E-state index in [4.69, 9.17) is 16.3 Å². The minimum Gasteiger partial charge on any atom is -0.447 e. The van der Waals surface area contributed by atoms with Crippen LogP contribution in [0, 0.1) is 11.2 Å². The van der Waals surface area contributed by atoms with E-state index in [0.29, 0.717) is 23.2 Å². The molecule has 4 heterocycles. The van der Waals surface area contributed by atoms with Crippen LogP contribution in [0.2, 0.25) is 5.02 Å². The van der Waals surface area contributed by atoms with Crippen molar-refractivity contribution in [2.75, 3.05) is 18.0 Å². The maximum Gasteiger partial charge on any atom is 0.410 e. The summed E-state index contributed by atoms with van der Waals surface area (Å²) in [7, 11) is 0. The Labute approximate surface area is 213 Å². The van der Waals surface area contributed by atoms with Crippen molar-refractivity contribution in [2.45, 2.75) is 58.2 Å². The van der Waals surface area contributed by atoms with Gasteiger partial charge in [-0.05, 0) is 57.4 Å². The Hall–Kier alpha value is -3.27. The molecule has 1 spiro atoms. The molecule has 36 heavy (non-hydrogen) atoms. The van der Waals surface area contributed by atoms with Gasteiger partial charge in [-0.15, -0.1) is 10.2 Å². The van der Waals surface area contributed by atoms with Crippen LogP contribution in [0.4, 0.5) is 15.0 Å². The van der Waals surface area contributed by atoms with Gasteiger partial charge < -0.3 is 9.64 Å². The molecule has 2 aliphatic heterocycles. The minimum atomic E-state index is -0.393. The Bertz CT molecular complexity index is 1330. The fourth-order valence-corrected chi connectivity index (χ4v) is 6.01. The first-order valence-electron chi connectivity index (χ1n) is 12.2. The lowest BCUT2D eigenvalue weighted by molar-refractivity contribution is 0.0573. The largest absolute Gasteiger partial charge is 0.447 e. The van der Waals surface area contributed by atoms with Gasteiger partial charge in [0.05, 0.1) is 30.6 Å². The number of carbonyl (C=O) groups excluding carboxylic acids is 1. The van der Waals surface area contributed by atoms with E-state index in [1.54, 1.807) is 4.90 Å². The maximum atomic E-state index is 14.1. The van der Waals surface area contributed by atoms with Gasteiger partial charge in [0.1, 0.15) is 12.2 Å². The summed E-state index contributed by atoms with van der Waals surface area (Å²) in [6.07, 6.45) is 3.83. The number of ether oxygens (including phenoxy) is 1. The lowest BCUT2D eigenvalue weighted by Crippen LogP contribution is -2.62. The predicted octanol–water partition coefficient (Wildman–Crippen LogP) is 4.66. The van der Waals surface area contributed by atoms with Crippen LogP contribution in [0.25, 0.3) is 5.69 Å². The smallest absolute Gasteiger partial charge is 0.410 e. The van der Waals surface area contributed by atoms with E-state index >= 15 is 0 Å². The molecule has 1 atom stereocenters. The van der Waals surface area contributed by atoms with Crippen LogP contribution in [-0.4, -0.2) is 54.9 Å². The molecule has 188 valence electrons. The van der Waals surface area contributed by atoms with Crippen LogP contribution in [0.15, 0.2) is 30.7 Å². The van der Waals surface area contributed by atoms with Crippen molar-refractivity contribution in [1.82, 2.24) is 29.6 Å². The first-order chi connectivity index (χ1) is 17.2. The molecule has 1 amide bonds. The van der Waals surface area contributed by atoms with Crippen molar-refractivity contribution < 1.29 is 13.9 Å². The van der Waals surface area contributed by atoms with E-state index in [1.165, 1.54) is 12.5 Å². The molecule has 2 aromatic heterocycles. The molecule has 3 aliphatic rings. The third kappa shape index (κ3) is 3.70. The van der Waals surface area contributed by atoms with Crippen molar-refractivity contribution in [3.8, 4) is 5.69 Å². The lowest BCUT2D eigenvalue weighted by Gasteiger charge is -2.59. The van der Waals surface area contributed by atoms with Gasteiger partial charge in [0, 0.05) is 29.4 Å². The Kier molecular flexibility index (Phi) is 5.40. The molecule has 0 bridgehead atoms. The SMILES string of the molecule is CC(C)OC(=O)N1Cc2cc(Cl)ccc2-n2c(C3CC4(C3)CN(c3ncncc3F)C4)nnc2C1C. The second-order valence-corrected chi connectivity index (χ2v) is 10.9. The van der Waals surface area contributed by atoms with Gasteiger partial charge in [-0.2, -0.15) is 0 Å². The summed E-state index contributed by atoms with van der Waals surface area (Å²) in [5.74, 6) is 1.77. The fourth-order valence-electron chi connectivity index (χ4n) is 5.82. The molecular formula is C25H27ClFN7O2. The van der Waals surface area contributed by atoms with Crippen molar-refractivity contribution in [1.29, 1.82) is 0 Å². The van der Waals surface area contributed by atoms with Gasteiger partial charge in [0.2, 0.25) is 0 Å². The van der Waals surface area contributed by atoms with E-state index in [9.17, 15) is 9.18 Å². The highest BCUT2D eigenvalue weighted by molar-refractivity contribution is 6.30. The van der Waals surface area contributed by atoms with Crippen molar-refractivity contribution in [3.05, 3.63) is 58.8 Å². The number of hydrogen-bond acceptors (Lipinski definition) is 7. The number of rotatable bonds is 3. The van der Waals surface area contributed by atoms with Gasteiger partial charge in [-0.1, -0.05) is 11.6 Å². The Balaban J connectivity index is 1.28. The second kappa shape index (κ2) is 8.40. The summed E-state index contributed by atoms with van der Waals surface area (Å²) in [5.41, 5.74) is 1.97. The summed E-state index contributed by atoms with van der Waals surface area (Å²) in [6.45, 7) is 7.49. The van der Waals surface area contributed by atoms with Crippen LogP contribution in [0.5, 0.6) is 0 Å².